The summed E-state index contributed by atoms with van der Waals surface area (Å²) >= 11 is 0. The Morgan fingerprint density at radius 1 is 1.25 bits per heavy atom. The molecule has 0 amide bonds. The smallest absolute Gasteiger partial charge is 0.378 e. The topological polar surface area (TPSA) is 102 Å². The minimum absolute atomic E-state index is 0.101. The zero-order valence-corrected chi connectivity index (χ0v) is 17.7. The number of aryl methyl sites for hydroxylation is 1. The van der Waals surface area contributed by atoms with Gasteiger partial charge in [-0.15, -0.1) is 0 Å². The van der Waals surface area contributed by atoms with E-state index in [-0.39, 0.29) is 6.61 Å². The lowest BCUT2D eigenvalue weighted by Gasteiger charge is -2.27. The molecule has 28 heavy (non-hydrogen) atoms. The van der Waals surface area contributed by atoms with Gasteiger partial charge in [0.25, 0.3) is 0 Å². The molecule has 4 N–H and O–H groups in total. The summed E-state index contributed by atoms with van der Waals surface area (Å²) in [6, 6.07) is 6.73. The Hall–Kier alpha value is -0.750. The van der Waals surface area contributed by atoms with Crippen LogP contribution >= 0.6 is 7.82 Å². The lowest BCUT2D eigenvalue weighted by Crippen LogP contribution is -2.41. The van der Waals surface area contributed by atoms with Crippen LogP contribution in [0.5, 0.6) is 0 Å². The van der Waals surface area contributed by atoms with Gasteiger partial charge in [-0.25, -0.2) is 4.57 Å². The van der Waals surface area contributed by atoms with Gasteiger partial charge in [0, 0.05) is 12.1 Å². The van der Waals surface area contributed by atoms with Gasteiger partial charge in [0.05, 0.1) is 12.7 Å². The van der Waals surface area contributed by atoms with Crippen molar-refractivity contribution in [2.75, 3.05) is 13.2 Å². The van der Waals surface area contributed by atoms with E-state index in [0.29, 0.717) is 24.9 Å². The fourth-order valence-corrected chi connectivity index (χ4v) is 4.95. The fourth-order valence-electron chi connectivity index (χ4n) is 4.52. The molecule has 1 aromatic carbocycles. The molecule has 2 aliphatic rings. The standard InChI is InChI=1S/C21H34NO5P/c1-2-3-4-11-26-20-8-7-16-12-17(5-6-18(16)13-20)19-9-10-21(22,14-19)15-27-28(23,24)25/h5-6,12,19-20H,2-4,7-11,13-15,22H2,1H3,(H2,23,24,25)/t19-,20?,21+/m0/s1. The van der Waals surface area contributed by atoms with Crippen LogP contribution in [0.25, 0.3) is 0 Å². The highest BCUT2D eigenvalue weighted by Crippen LogP contribution is 2.44. The van der Waals surface area contributed by atoms with Crippen LogP contribution in [-0.4, -0.2) is 34.6 Å². The third-order valence-electron chi connectivity index (χ3n) is 6.15. The van der Waals surface area contributed by atoms with Crippen LogP contribution in [0.3, 0.4) is 0 Å². The zero-order chi connectivity index (χ0) is 20.2. The number of ether oxygens (including phenoxy) is 1. The Bertz CT molecular complexity index is 706. The van der Waals surface area contributed by atoms with E-state index in [1.54, 1.807) is 0 Å². The molecule has 3 atom stereocenters. The van der Waals surface area contributed by atoms with Gasteiger partial charge >= 0.3 is 7.82 Å². The van der Waals surface area contributed by atoms with Crippen molar-refractivity contribution in [3.05, 3.63) is 34.9 Å². The van der Waals surface area contributed by atoms with Crippen molar-refractivity contribution in [2.24, 2.45) is 5.73 Å². The van der Waals surface area contributed by atoms with Crippen molar-refractivity contribution in [3.8, 4) is 0 Å². The highest BCUT2D eigenvalue weighted by Gasteiger charge is 2.38. The second-order valence-corrected chi connectivity index (χ2v) is 9.78. The first-order valence-corrected chi connectivity index (χ1v) is 12.0. The molecule has 0 saturated heterocycles. The van der Waals surface area contributed by atoms with E-state index in [1.807, 2.05) is 0 Å². The van der Waals surface area contributed by atoms with Crippen molar-refractivity contribution < 1.29 is 23.6 Å². The Morgan fingerprint density at radius 2 is 2.07 bits per heavy atom. The third-order valence-corrected chi connectivity index (χ3v) is 6.62. The number of rotatable bonds is 9. The van der Waals surface area contributed by atoms with Crippen molar-refractivity contribution in [2.45, 2.75) is 82.3 Å². The van der Waals surface area contributed by atoms with E-state index in [9.17, 15) is 4.57 Å². The number of phosphoric acid groups is 1. The maximum Gasteiger partial charge on any atom is 0.469 e. The minimum Gasteiger partial charge on any atom is -0.378 e. The summed E-state index contributed by atoms with van der Waals surface area (Å²) in [6.45, 7) is 2.97. The number of phosphoric ester groups is 1. The van der Waals surface area contributed by atoms with Crippen LogP contribution in [0.4, 0.5) is 0 Å². The average Bonchev–Trinajstić information content (AvgIpc) is 3.05. The predicted molar refractivity (Wildman–Crippen MR) is 109 cm³/mol. The van der Waals surface area contributed by atoms with Crippen LogP contribution in [0, 0.1) is 0 Å². The Morgan fingerprint density at radius 3 is 2.82 bits per heavy atom. The monoisotopic (exact) mass is 411 g/mol. The lowest BCUT2D eigenvalue weighted by molar-refractivity contribution is 0.0419. The summed E-state index contributed by atoms with van der Waals surface area (Å²) in [4.78, 5) is 17.9. The maximum atomic E-state index is 11.0. The molecule has 1 fully saturated rings. The van der Waals surface area contributed by atoms with Crippen molar-refractivity contribution in [3.63, 3.8) is 0 Å². The van der Waals surface area contributed by atoms with E-state index in [2.05, 4.69) is 29.6 Å². The summed E-state index contributed by atoms with van der Waals surface area (Å²) in [5, 5.41) is 0. The van der Waals surface area contributed by atoms with Gasteiger partial charge in [0.1, 0.15) is 0 Å². The second kappa shape index (κ2) is 9.38. The molecule has 6 nitrogen and oxygen atoms in total. The molecule has 1 unspecified atom stereocenters. The largest absolute Gasteiger partial charge is 0.469 e. The van der Waals surface area contributed by atoms with Gasteiger partial charge in [-0.2, -0.15) is 0 Å². The fraction of sp³-hybridized carbons (Fsp3) is 0.714. The first kappa shape index (κ1) is 21.9. The normalized spacial score (nSPS) is 27.7. The predicted octanol–water partition coefficient (Wildman–Crippen LogP) is 3.83. The van der Waals surface area contributed by atoms with Crippen LogP contribution in [-0.2, 0) is 26.7 Å². The Labute approximate surface area is 168 Å². The number of hydrogen-bond donors (Lipinski definition) is 3. The molecular weight excluding hydrogens is 377 g/mol. The quantitative estimate of drug-likeness (QED) is 0.422. The van der Waals surface area contributed by atoms with Crippen molar-refractivity contribution in [1.29, 1.82) is 0 Å². The van der Waals surface area contributed by atoms with Crippen LogP contribution in [0.2, 0.25) is 0 Å². The third kappa shape index (κ3) is 6.12. The van der Waals surface area contributed by atoms with Crippen molar-refractivity contribution in [1.82, 2.24) is 0 Å². The van der Waals surface area contributed by atoms with E-state index in [1.165, 1.54) is 29.5 Å². The van der Waals surface area contributed by atoms with E-state index in [0.717, 1.165) is 38.7 Å². The second-order valence-electron chi connectivity index (χ2n) is 8.54. The Kier molecular flexibility index (Phi) is 7.35. The first-order chi connectivity index (χ1) is 13.3. The highest BCUT2D eigenvalue weighted by atomic mass is 31.2. The summed E-state index contributed by atoms with van der Waals surface area (Å²) in [6.07, 6.45) is 9.36. The molecule has 1 saturated carbocycles. The van der Waals surface area contributed by atoms with Gasteiger partial charge in [-0.1, -0.05) is 38.0 Å². The molecule has 0 bridgehead atoms. The van der Waals surface area contributed by atoms with Crippen LogP contribution in [0.15, 0.2) is 18.2 Å². The van der Waals surface area contributed by atoms with Gasteiger partial charge in [-0.3, -0.25) is 4.52 Å². The molecule has 7 heteroatoms. The van der Waals surface area contributed by atoms with Gasteiger partial charge < -0.3 is 20.3 Å². The maximum absolute atomic E-state index is 11.0. The Balaban J connectivity index is 1.56. The summed E-state index contributed by atoms with van der Waals surface area (Å²) in [7, 11) is -4.48. The number of nitrogens with two attached hydrogens (primary N) is 1. The summed E-state index contributed by atoms with van der Waals surface area (Å²) < 4.78 is 21.7. The minimum atomic E-state index is -4.48. The molecular formula is C21H34NO5P. The van der Waals surface area contributed by atoms with Crippen LogP contribution in [0.1, 0.15) is 74.5 Å². The average molecular weight is 411 g/mol. The van der Waals surface area contributed by atoms with E-state index >= 15 is 0 Å². The molecule has 0 aromatic heterocycles. The number of fused-ring (bicyclic) bond motifs is 1. The molecule has 0 aliphatic heterocycles. The van der Waals surface area contributed by atoms with Gasteiger partial charge in [0.15, 0.2) is 0 Å². The molecule has 2 aliphatic carbocycles. The van der Waals surface area contributed by atoms with Gasteiger partial charge in [0.2, 0.25) is 0 Å². The molecule has 3 rings (SSSR count). The summed E-state index contributed by atoms with van der Waals surface area (Å²) in [5.41, 5.74) is 9.74. The SMILES string of the molecule is CCCCCOC1CCc2cc([C@H]3CC[C@](N)(COP(=O)(O)O)C3)ccc2C1. The molecule has 0 radical (unpaired) electrons. The van der Waals surface area contributed by atoms with E-state index in [4.69, 9.17) is 20.3 Å². The van der Waals surface area contributed by atoms with Gasteiger partial charge in [-0.05, 0) is 67.6 Å². The number of benzene rings is 1. The molecule has 158 valence electrons. The zero-order valence-electron chi connectivity index (χ0n) is 16.8. The lowest BCUT2D eigenvalue weighted by atomic mass is 9.85. The number of unbranched alkanes of at least 4 members (excludes halogenated alkanes) is 2. The highest BCUT2D eigenvalue weighted by molar-refractivity contribution is 7.46. The van der Waals surface area contributed by atoms with E-state index < -0.39 is 13.4 Å². The number of hydrogen-bond acceptors (Lipinski definition) is 4. The molecule has 0 spiro atoms. The molecule has 0 heterocycles. The summed E-state index contributed by atoms with van der Waals surface area (Å²) in [5.74, 6) is 0.318. The van der Waals surface area contributed by atoms with Crippen LogP contribution < -0.4 is 5.73 Å². The first-order valence-electron chi connectivity index (χ1n) is 10.5. The molecule has 1 aromatic rings. The van der Waals surface area contributed by atoms with Crippen molar-refractivity contribution >= 4 is 7.82 Å².